The summed E-state index contributed by atoms with van der Waals surface area (Å²) in [5.74, 6) is 0.539. The van der Waals surface area contributed by atoms with Gasteiger partial charge in [0, 0.05) is 40.2 Å². The largest absolute Gasteiger partial charge is 0.384 e. The summed E-state index contributed by atoms with van der Waals surface area (Å²) in [6.07, 6.45) is 1.84. The molecule has 2 amide bonds. The van der Waals surface area contributed by atoms with Crippen LogP contribution in [0.3, 0.4) is 0 Å². The first kappa shape index (κ1) is 17.5. The standard InChI is InChI=1S/C18H26N2O3/c1-19(13-15-6-4-3-5-7-15)18(22)12-16-8-10-20(14-16)17(21)9-11-23-2/h3-7,16H,8-14H2,1-2H3. The van der Waals surface area contributed by atoms with Gasteiger partial charge >= 0.3 is 0 Å². The van der Waals surface area contributed by atoms with Gasteiger partial charge in [-0.3, -0.25) is 9.59 Å². The number of hydrogen-bond donors (Lipinski definition) is 0. The first-order valence-electron chi connectivity index (χ1n) is 8.14. The van der Waals surface area contributed by atoms with E-state index >= 15 is 0 Å². The van der Waals surface area contributed by atoms with Crippen LogP contribution in [0.15, 0.2) is 30.3 Å². The zero-order valence-corrected chi connectivity index (χ0v) is 14.0. The molecule has 0 bridgehead atoms. The van der Waals surface area contributed by atoms with E-state index in [4.69, 9.17) is 4.74 Å². The summed E-state index contributed by atoms with van der Waals surface area (Å²) >= 11 is 0. The quantitative estimate of drug-likeness (QED) is 0.772. The van der Waals surface area contributed by atoms with Crippen LogP contribution in [0.25, 0.3) is 0 Å². The van der Waals surface area contributed by atoms with E-state index in [0.717, 1.165) is 18.5 Å². The Morgan fingerprint density at radius 2 is 2.04 bits per heavy atom. The van der Waals surface area contributed by atoms with Crippen LogP contribution in [0.1, 0.15) is 24.8 Å². The molecule has 1 aromatic rings. The van der Waals surface area contributed by atoms with E-state index in [9.17, 15) is 9.59 Å². The van der Waals surface area contributed by atoms with E-state index in [2.05, 4.69) is 0 Å². The first-order chi connectivity index (χ1) is 11.1. The number of amides is 2. The minimum Gasteiger partial charge on any atom is -0.384 e. The highest BCUT2D eigenvalue weighted by molar-refractivity contribution is 5.78. The van der Waals surface area contributed by atoms with Crippen LogP contribution in [0.5, 0.6) is 0 Å². The molecule has 0 spiro atoms. The Morgan fingerprint density at radius 3 is 2.74 bits per heavy atom. The van der Waals surface area contributed by atoms with Crippen LogP contribution in [0, 0.1) is 5.92 Å². The fraction of sp³-hybridized carbons (Fsp3) is 0.556. The van der Waals surface area contributed by atoms with Crippen LogP contribution in [-0.2, 0) is 20.9 Å². The molecular weight excluding hydrogens is 292 g/mol. The average molecular weight is 318 g/mol. The average Bonchev–Trinajstić information content (AvgIpc) is 3.02. The molecule has 1 unspecified atom stereocenters. The highest BCUT2D eigenvalue weighted by Crippen LogP contribution is 2.21. The number of nitrogens with zero attached hydrogens (tertiary/aromatic N) is 2. The van der Waals surface area contributed by atoms with E-state index < -0.39 is 0 Å². The molecule has 0 saturated carbocycles. The summed E-state index contributed by atoms with van der Waals surface area (Å²) in [7, 11) is 3.44. The van der Waals surface area contributed by atoms with Crippen molar-refractivity contribution in [1.82, 2.24) is 9.80 Å². The molecule has 2 rings (SSSR count). The van der Waals surface area contributed by atoms with E-state index in [1.807, 2.05) is 42.3 Å². The summed E-state index contributed by atoms with van der Waals surface area (Å²) in [5, 5.41) is 0. The fourth-order valence-electron chi connectivity index (χ4n) is 2.92. The zero-order valence-electron chi connectivity index (χ0n) is 14.0. The van der Waals surface area contributed by atoms with Crippen molar-refractivity contribution in [3.8, 4) is 0 Å². The number of likely N-dealkylation sites (tertiary alicyclic amines) is 1. The van der Waals surface area contributed by atoms with Gasteiger partial charge in [-0.2, -0.15) is 0 Å². The Hall–Kier alpha value is -1.88. The highest BCUT2D eigenvalue weighted by Gasteiger charge is 2.28. The molecule has 5 nitrogen and oxygen atoms in total. The molecular formula is C18H26N2O3. The lowest BCUT2D eigenvalue weighted by atomic mass is 10.0. The van der Waals surface area contributed by atoms with Crippen molar-refractivity contribution in [2.75, 3.05) is 33.9 Å². The van der Waals surface area contributed by atoms with Crippen molar-refractivity contribution in [2.24, 2.45) is 5.92 Å². The highest BCUT2D eigenvalue weighted by atomic mass is 16.5. The van der Waals surface area contributed by atoms with Crippen molar-refractivity contribution in [2.45, 2.75) is 25.8 Å². The summed E-state index contributed by atoms with van der Waals surface area (Å²) in [6, 6.07) is 9.98. The topological polar surface area (TPSA) is 49.9 Å². The van der Waals surface area contributed by atoms with Crippen LogP contribution in [-0.4, -0.2) is 55.5 Å². The number of methoxy groups -OCH3 is 1. The maximum absolute atomic E-state index is 12.4. The Labute approximate surface area is 138 Å². The van der Waals surface area contributed by atoms with Crippen molar-refractivity contribution in [3.05, 3.63) is 35.9 Å². The van der Waals surface area contributed by atoms with E-state index in [0.29, 0.717) is 32.5 Å². The van der Waals surface area contributed by atoms with E-state index in [-0.39, 0.29) is 17.7 Å². The monoisotopic (exact) mass is 318 g/mol. The molecule has 1 aliphatic rings. The molecule has 1 atom stereocenters. The van der Waals surface area contributed by atoms with Crippen molar-refractivity contribution < 1.29 is 14.3 Å². The van der Waals surface area contributed by atoms with Crippen LogP contribution in [0.2, 0.25) is 0 Å². The number of rotatable bonds is 7. The van der Waals surface area contributed by atoms with E-state index in [1.54, 1.807) is 12.0 Å². The van der Waals surface area contributed by atoms with E-state index in [1.165, 1.54) is 0 Å². The van der Waals surface area contributed by atoms with Crippen LogP contribution >= 0.6 is 0 Å². The van der Waals surface area contributed by atoms with Crippen molar-refractivity contribution in [3.63, 3.8) is 0 Å². The Bertz CT molecular complexity index is 518. The maximum Gasteiger partial charge on any atom is 0.224 e. The second-order valence-corrected chi connectivity index (χ2v) is 6.18. The fourth-order valence-corrected chi connectivity index (χ4v) is 2.92. The SMILES string of the molecule is COCCC(=O)N1CCC(CC(=O)N(C)Cc2ccccc2)C1. The molecule has 0 aliphatic carbocycles. The van der Waals surface area contributed by atoms with Gasteiger partial charge in [0.15, 0.2) is 0 Å². The summed E-state index contributed by atoms with van der Waals surface area (Å²) in [5.41, 5.74) is 1.13. The third kappa shape index (κ3) is 5.36. The van der Waals surface area contributed by atoms with Gasteiger partial charge in [-0.15, -0.1) is 0 Å². The summed E-state index contributed by atoms with van der Waals surface area (Å²) < 4.78 is 4.94. The molecule has 0 N–H and O–H groups in total. The lowest BCUT2D eigenvalue weighted by Crippen LogP contribution is -2.31. The molecule has 5 heteroatoms. The number of hydrogen-bond acceptors (Lipinski definition) is 3. The number of carbonyl (C=O) groups is 2. The lowest BCUT2D eigenvalue weighted by molar-refractivity contribution is -0.133. The van der Waals surface area contributed by atoms with Gasteiger partial charge in [0.1, 0.15) is 0 Å². The van der Waals surface area contributed by atoms with Crippen LogP contribution in [0.4, 0.5) is 0 Å². The van der Waals surface area contributed by atoms with Gasteiger partial charge in [0.05, 0.1) is 13.0 Å². The molecule has 1 fully saturated rings. The molecule has 1 aromatic carbocycles. The van der Waals surface area contributed by atoms with Crippen LogP contribution < -0.4 is 0 Å². The molecule has 23 heavy (non-hydrogen) atoms. The first-order valence-corrected chi connectivity index (χ1v) is 8.14. The third-order valence-corrected chi connectivity index (χ3v) is 4.31. The zero-order chi connectivity index (χ0) is 16.7. The Balaban J connectivity index is 1.76. The smallest absolute Gasteiger partial charge is 0.224 e. The van der Waals surface area contributed by atoms with Crippen molar-refractivity contribution >= 4 is 11.8 Å². The molecule has 1 saturated heterocycles. The normalized spacial score (nSPS) is 17.3. The van der Waals surface area contributed by atoms with Crippen molar-refractivity contribution in [1.29, 1.82) is 0 Å². The molecule has 1 heterocycles. The minimum absolute atomic E-state index is 0.124. The second kappa shape index (κ2) is 8.67. The number of benzene rings is 1. The Kier molecular flexibility index (Phi) is 6.59. The number of ether oxygens (including phenoxy) is 1. The van der Waals surface area contributed by atoms with Gasteiger partial charge in [-0.25, -0.2) is 0 Å². The molecule has 0 radical (unpaired) electrons. The lowest BCUT2D eigenvalue weighted by Gasteiger charge is -2.20. The van der Waals surface area contributed by atoms with Gasteiger partial charge in [0.2, 0.25) is 11.8 Å². The van der Waals surface area contributed by atoms with Gasteiger partial charge in [-0.05, 0) is 17.9 Å². The van der Waals surface area contributed by atoms with Gasteiger partial charge in [0.25, 0.3) is 0 Å². The Morgan fingerprint density at radius 1 is 1.30 bits per heavy atom. The number of carbonyl (C=O) groups excluding carboxylic acids is 2. The second-order valence-electron chi connectivity index (χ2n) is 6.18. The molecule has 1 aliphatic heterocycles. The van der Waals surface area contributed by atoms with Gasteiger partial charge in [-0.1, -0.05) is 30.3 Å². The van der Waals surface area contributed by atoms with Gasteiger partial charge < -0.3 is 14.5 Å². The maximum atomic E-state index is 12.4. The molecule has 0 aromatic heterocycles. The predicted octanol–water partition coefficient (Wildman–Crippen LogP) is 1.92. The summed E-state index contributed by atoms with van der Waals surface area (Å²) in [6.45, 7) is 2.53. The predicted molar refractivity (Wildman–Crippen MR) is 88.7 cm³/mol. The summed E-state index contributed by atoms with van der Waals surface area (Å²) in [4.78, 5) is 27.9. The third-order valence-electron chi connectivity index (χ3n) is 4.31. The minimum atomic E-state index is 0.124. The molecule has 126 valence electrons.